The quantitative estimate of drug-likeness (QED) is 0.789. The maximum atomic E-state index is 13.5. The Kier molecular flexibility index (Phi) is 5.12. The highest BCUT2D eigenvalue weighted by atomic mass is 79.9. The van der Waals surface area contributed by atoms with Gasteiger partial charge in [0, 0.05) is 0 Å². The first kappa shape index (κ1) is 14.2. The zero-order chi connectivity index (χ0) is 13.0. The van der Waals surface area contributed by atoms with Gasteiger partial charge in [0.25, 0.3) is 0 Å². The van der Waals surface area contributed by atoms with Crippen LogP contribution in [0.4, 0.5) is 4.39 Å². The molecule has 1 aromatic rings. The molecule has 4 heteroatoms. The van der Waals surface area contributed by atoms with E-state index in [9.17, 15) is 9.18 Å². The molecule has 0 aliphatic carbocycles. The van der Waals surface area contributed by atoms with Crippen LogP contribution in [-0.4, -0.2) is 12.6 Å². The summed E-state index contributed by atoms with van der Waals surface area (Å²) in [7, 11) is 0. The van der Waals surface area contributed by atoms with Crippen molar-refractivity contribution in [3.63, 3.8) is 0 Å². The number of halogens is 2. The minimum absolute atomic E-state index is 0.0645. The van der Waals surface area contributed by atoms with E-state index in [4.69, 9.17) is 4.74 Å². The van der Waals surface area contributed by atoms with Crippen molar-refractivity contribution in [2.75, 3.05) is 6.61 Å². The van der Waals surface area contributed by atoms with Crippen LogP contribution in [-0.2, 0) is 9.53 Å². The fourth-order valence-electron chi connectivity index (χ4n) is 1.73. The number of ether oxygens (including phenoxy) is 1. The van der Waals surface area contributed by atoms with E-state index in [1.807, 2.05) is 13.8 Å². The van der Waals surface area contributed by atoms with Crippen LogP contribution in [0, 0.1) is 11.7 Å². The molecule has 1 aromatic carbocycles. The van der Waals surface area contributed by atoms with Crippen molar-refractivity contribution in [3.8, 4) is 0 Å². The lowest BCUT2D eigenvalue weighted by Crippen LogP contribution is -2.21. The minimum atomic E-state index is -0.419. The first-order chi connectivity index (χ1) is 7.97. The van der Waals surface area contributed by atoms with Crippen LogP contribution in [0.5, 0.6) is 0 Å². The number of benzene rings is 1. The Hall–Kier alpha value is -0.900. The van der Waals surface area contributed by atoms with Gasteiger partial charge in [-0.1, -0.05) is 19.9 Å². The van der Waals surface area contributed by atoms with Crippen molar-refractivity contribution in [1.29, 1.82) is 0 Å². The lowest BCUT2D eigenvalue weighted by molar-refractivity contribution is -0.146. The van der Waals surface area contributed by atoms with Gasteiger partial charge in [-0.3, -0.25) is 4.79 Å². The van der Waals surface area contributed by atoms with Gasteiger partial charge in [-0.15, -0.1) is 0 Å². The molecule has 0 spiro atoms. The maximum Gasteiger partial charge on any atom is 0.313 e. The number of esters is 1. The Balaban J connectivity index is 3.05. The van der Waals surface area contributed by atoms with Crippen LogP contribution in [0.1, 0.15) is 32.3 Å². The minimum Gasteiger partial charge on any atom is -0.466 e. The normalized spacial score (nSPS) is 12.6. The van der Waals surface area contributed by atoms with Crippen LogP contribution in [0.15, 0.2) is 22.7 Å². The standard InChI is InChI=1S/C13H16BrFO2/c1-4-17-13(16)12(8(2)3)9-5-6-10(14)11(15)7-9/h5-8,12H,4H2,1-3H3. The van der Waals surface area contributed by atoms with Gasteiger partial charge >= 0.3 is 5.97 Å². The molecule has 0 bridgehead atoms. The summed E-state index contributed by atoms with van der Waals surface area (Å²) in [5.41, 5.74) is 0.652. The molecule has 0 saturated heterocycles. The first-order valence-corrected chi connectivity index (χ1v) is 6.38. The molecule has 0 saturated carbocycles. The molecule has 0 aromatic heterocycles. The largest absolute Gasteiger partial charge is 0.466 e. The number of hydrogen-bond donors (Lipinski definition) is 0. The highest BCUT2D eigenvalue weighted by Gasteiger charge is 2.26. The van der Waals surface area contributed by atoms with Crippen LogP contribution >= 0.6 is 15.9 Å². The van der Waals surface area contributed by atoms with Crippen LogP contribution in [0.2, 0.25) is 0 Å². The molecule has 0 radical (unpaired) electrons. The Morgan fingerprint density at radius 3 is 2.59 bits per heavy atom. The number of carbonyl (C=O) groups is 1. The Labute approximate surface area is 109 Å². The summed E-state index contributed by atoms with van der Waals surface area (Å²) < 4.78 is 18.9. The van der Waals surface area contributed by atoms with Gasteiger partial charge in [-0.05, 0) is 46.5 Å². The van der Waals surface area contributed by atoms with Gasteiger partial charge in [0.2, 0.25) is 0 Å². The summed E-state index contributed by atoms with van der Waals surface area (Å²) in [4.78, 5) is 11.8. The number of carbonyl (C=O) groups excluding carboxylic acids is 1. The van der Waals surface area contributed by atoms with Crippen molar-refractivity contribution in [2.45, 2.75) is 26.7 Å². The SMILES string of the molecule is CCOC(=O)C(c1ccc(Br)c(F)c1)C(C)C. The van der Waals surface area contributed by atoms with E-state index in [-0.39, 0.29) is 17.7 Å². The van der Waals surface area contributed by atoms with Gasteiger partial charge in [-0.2, -0.15) is 0 Å². The van der Waals surface area contributed by atoms with Crippen molar-refractivity contribution in [2.24, 2.45) is 5.92 Å². The van der Waals surface area contributed by atoms with E-state index in [1.54, 1.807) is 19.1 Å². The molecule has 0 amide bonds. The van der Waals surface area contributed by atoms with Gasteiger partial charge in [-0.25, -0.2) is 4.39 Å². The third-order valence-corrected chi connectivity index (χ3v) is 3.15. The van der Waals surface area contributed by atoms with Crippen LogP contribution in [0.3, 0.4) is 0 Å². The Bertz CT molecular complexity index is 404. The van der Waals surface area contributed by atoms with Crippen molar-refractivity contribution >= 4 is 21.9 Å². The maximum absolute atomic E-state index is 13.5. The summed E-state index contributed by atoms with van der Waals surface area (Å²) in [5, 5.41) is 0. The molecule has 0 aliphatic heterocycles. The second kappa shape index (κ2) is 6.15. The van der Waals surface area contributed by atoms with E-state index in [1.165, 1.54) is 6.07 Å². The fraction of sp³-hybridized carbons (Fsp3) is 0.462. The topological polar surface area (TPSA) is 26.3 Å². The van der Waals surface area contributed by atoms with E-state index in [0.717, 1.165) is 0 Å². The lowest BCUT2D eigenvalue weighted by Gasteiger charge is -2.19. The average molecular weight is 303 g/mol. The van der Waals surface area contributed by atoms with Gasteiger partial charge in [0.1, 0.15) is 5.82 Å². The Morgan fingerprint density at radius 1 is 1.47 bits per heavy atom. The summed E-state index contributed by atoms with van der Waals surface area (Å²) in [6.45, 7) is 5.93. The van der Waals surface area contributed by atoms with Crippen molar-refractivity contribution in [1.82, 2.24) is 0 Å². The number of rotatable bonds is 4. The fourth-order valence-corrected chi connectivity index (χ4v) is 1.98. The predicted molar refractivity (Wildman–Crippen MR) is 68.3 cm³/mol. The zero-order valence-electron chi connectivity index (χ0n) is 10.2. The lowest BCUT2D eigenvalue weighted by atomic mass is 9.88. The molecular weight excluding hydrogens is 287 g/mol. The summed E-state index contributed by atoms with van der Waals surface area (Å²) in [6.07, 6.45) is 0. The van der Waals surface area contributed by atoms with Crippen molar-refractivity contribution in [3.05, 3.63) is 34.1 Å². The van der Waals surface area contributed by atoms with E-state index in [2.05, 4.69) is 15.9 Å². The molecule has 0 aliphatic rings. The van der Waals surface area contributed by atoms with Gasteiger partial charge in [0.15, 0.2) is 0 Å². The van der Waals surface area contributed by atoms with Gasteiger partial charge < -0.3 is 4.74 Å². The molecule has 1 atom stereocenters. The van der Waals surface area contributed by atoms with Crippen LogP contribution in [0.25, 0.3) is 0 Å². The molecule has 94 valence electrons. The molecular formula is C13H16BrFO2. The molecule has 1 unspecified atom stereocenters. The number of hydrogen-bond acceptors (Lipinski definition) is 2. The molecule has 17 heavy (non-hydrogen) atoms. The average Bonchev–Trinajstić information content (AvgIpc) is 2.23. The molecule has 0 fully saturated rings. The second-order valence-corrected chi connectivity index (χ2v) is 5.00. The first-order valence-electron chi connectivity index (χ1n) is 5.59. The summed E-state index contributed by atoms with van der Waals surface area (Å²) >= 11 is 3.09. The third-order valence-electron chi connectivity index (χ3n) is 2.51. The zero-order valence-corrected chi connectivity index (χ0v) is 11.8. The highest BCUT2D eigenvalue weighted by molar-refractivity contribution is 9.10. The highest BCUT2D eigenvalue weighted by Crippen LogP contribution is 2.28. The van der Waals surface area contributed by atoms with E-state index < -0.39 is 5.92 Å². The van der Waals surface area contributed by atoms with Crippen molar-refractivity contribution < 1.29 is 13.9 Å². The predicted octanol–water partition coefficient (Wildman–Crippen LogP) is 3.89. The summed E-state index contributed by atoms with van der Waals surface area (Å²) in [5.74, 6) is -1.02. The molecule has 0 N–H and O–H groups in total. The Morgan fingerprint density at radius 2 is 2.12 bits per heavy atom. The molecule has 1 rings (SSSR count). The second-order valence-electron chi connectivity index (χ2n) is 4.15. The van der Waals surface area contributed by atoms with Crippen LogP contribution < -0.4 is 0 Å². The van der Waals surface area contributed by atoms with E-state index >= 15 is 0 Å². The molecule has 2 nitrogen and oxygen atoms in total. The smallest absolute Gasteiger partial charge is 0.313 e. The van der Waals surface area contributed by atoms with E-state index in [0.29, 0.717) is 16.6 Å². The molecule has 0 heterocycles. The van der Waals surface area contributed by atoms with Gasteiger partial charge in [0.05, 0.1) is 17.0 Å². The summed E-state index contributed by atoms with van der Waals surface area (Å²) in [6, 6.07) is 4.74. The monoisotopic (exact) mass is 302 g/mol. The third kappa shape index (κ3) is 3.53.